The van der Waals surface area contributed by atoms with E-state index in [0.717, 1.165) is 6.08 Å². The van der Waals surface area contributed by atoms with Crippen LogP contribution in [0.25, 0.3) is 0 Å². The van der Waals surface area contributed by atoms with Crippen LogP contribution in [0.15, 0.2) is 12.7 Å². The minimum atomic E-state index is -0.578. The highest BCUT2D eigenvalue weighted by Crippen LogP contribution is 2.54. The molecule has 0 N–H and O–H groups in total. The molecule has 0 aromatic rings. The molecule has 4 aliphatic carbocycles. The standard InChI is InChI=1S/C13H14O4/c1-2-10(14)17-13-4-7-3-8(5-13)12(16)9(6-13)11(7)15/h2,7-9H,1,3-6H2. The van der Waals surface area contributed by atoms with Gasteiger partial charge >= 0.3 is 5.97 Å². The minimum absolute atomic E-state index is 0.0660. The van der Waals surface area contributed by atoms with Gasteiger partial charge < -0.3 is 4.74 Å². The van der Waals surface area contributed by atoms with Gasteiger partial charge in [-0.3, -0.25) is 9.59 Å². The van der Waals surface area contributed by atoms with Crippen LogP contribution in [-0.2, 0) is 19.1 Å². The monoisotopic (exact) mass is 234 g/mol. The first-order valence-electron chi connectivity index (χ1n) is 5.97. The van der Waals surface area contributed by atoms with E-state index < -0.39 is 17.5 Å². The number of hydrogen-bond acceptors (Lipinski definition) is 4. The van der Waals surface area contributed by atoms with Gasteiger partial charge in [0.05, 0.1) is 5.92 Å². The first-order valence-corrected chi connectivity index (χ1v) is 5.97. The van der Waals surface area contributed by atoms with Gasteiger partial charge in [-0.15, -0.1) is 0 Å². The fraction of sp³-hybridized carbons (Fsp3) is 0.615. The molecule has 4 aliphatic rings. The summed E-state index contributed by atoms with van der Waals surface area (Å²) in [7, 11) is 0. The van der Waals surface area contributed by atoms with Crippen molar-refractivity contribution in [3.05, 3.63) is 12.7 Å². The Labute approximate surface area is 99.0 Å². The van der Waals surface area contributed by atoms with Crippen LogP contribution in [0.1, 0.15) is 25.7 Å². The zero-order valence-corrected chi connectivity index (χ0v) is 9.48. The van der Waals surface area contributed by atoms with Gasteiger partial charge in [0.15, 0.2) is 0 Å². The predicted molar refractivity (Wildman–Crippen MR) is 58.0 cm³/mol. The quantitative estimate of drug-likeness (QED) is 0.407. The zero-order valence-electron chi connectivity index (χ0n) is 9.48. The molecular formula is C13H14O4. The Bertz CT molecular complexity index is 413. The average Bonchev–Trinajstić information content (AvgIpc) is 2.30. The second-order valence-electron chi connectivity index (χ2n) is 5.41. The van der Waals surface area contributed by atoms with Gasteiger partial charge in [-0.1, -0.05) is 6.58 Å². The topological polar surface area (TPSA) is 60.4 Å². The Kier molecular flexibility index (Phi) is 2.06. The Morgan fingerprint density at radius 3 is 2.35 bits per heavy atom. The molecule has 90 valence electrons. The fourth-order valence-corrected chi connectivity index (χ4v) is 3.75. The lowest BCUT2D eigenvalue weighted by Crippen LogP contribution is -2.60. The third kappa shape index (κ3) is 1.39. The smallest absolute Gasteiger partial charge is 0.330 e. The van der Waals surface area contributed by atoms with Crippen LogP contribution in [-0.4, -0.2) is 23.1 Å². The van der Waals surface area contributed by atoms with Crippen LogP contribution in [0, 0.1) is 17.8 Å². The van der Waals surface area contributed by atoms with Crippen molar-refractivity contribution in [2.75, 3.05) is 0 Å². The van der Waals surface area contributed by atoms with Gasteiger partial charge in [0, 0.05) is 24.3 Å². The molecule has 0 aliphatic heterocycles. The predicted octanol–water partition coefficient (Wildman–Crippen LogP) is 1.04. The summed E-state index contributed by atoms with van der Waals surface area (Å²) in [6.45, 7) is 3.38. The van der Waals surface area contributed by atoms with Gasteiger partial charge in [-0.2, -0.15) is 0 Å². The minimum Gasteiger partial charge on any atom is -0.456 e. The molecule has 4 fully saturated rings. The van der Waals surface area contributed by atoms with Crippen LogP contribution in [0.5, 0.6) is 0 Å². The fourth-order valence-electron chi connectivity index (χ4n) is 3.75. The highest BCUT2D eigenvalue weighted by Gasteiger charge is 2.60. The second kappa shape index (κ2) is 3.28. The molecule has 4 saturated carbocycles. The van der Waals surface area contributed by atoms with E-state index in [-0.39, 0.29) is 23.4 Å². The maximum Gasteiger partial charge on any atom is 0.330 e. The van der Waals surface area contributed by atoms with E-state index in [2.05, 4.69) is 6.58 Å². The molecule has 4 heteroatoms. The van der Waals surface area contributed by atoms with Crippen molar-refractivity contribution in [3.63, 3.8) is 0 Å². The average molecular weight is 234 g/mol. The van der Waals surface area contributed by atoms with Crippen molar-refractivity contribution >= 4 is 17.5 Å². The van der Waals surface area contributed by atoms with Gasteiger partial charge in [0.2, 0.25) is 0 Å². The number of hydrogen-bond donors (Lipinski definition) is 0. The molecule has 0 radical (unpaired) electrons. The summed E-state index contributed by atoms with van der Waals surface area (Å²) in [5.74, 6) is -0.996. The lowest BCUT2D eigenvalue weighted by molar-refractivity contribution is -0.187. The Morgan fingerprint density at radius 1 is 1.24 bits per heavy atom. The number of carbonyl (C=O) groups is 3. The molecule has 0 heterocycles. The van der Waals surface area contributed by atoms with Crippen molar-refractivity contribution in [2.24, 2.45) is 17.8 Å². The molecule has 17 heavy (non-hydrogen) atoms. The van der Waals surface area contributed by atoms with Gasteiger partial charge in [0.1, 0.15) is 17.2 Å². The summed E-state index contributed by atoms with van der Waals surface area (Å²) in [5, 5.41) is 0. The summed E-state index contributed by atoms with van der Waals surface area (Å²) in [4.78, 5) is 35.1. The van der Waals surface area contributed by atoms with Crippen molar-refractivity contribution in [1.29, 1.82) is 0 Å². The Hall–Kier alpha value is -1.45. The second-order valence-corrected chi connectivity index (χ2v) is 5.41. The van der Waals surface area contributed by atoms with Crippen LogP contribution in [0.3, 0.4) is 0 Å². The van der Waals surface area contributed by atoms with Crippen LogP contribution >= 0.6 is 0 Å². The van der Waals surface area contributed by atoms with E-state index in [1.165, 1.54) is 0 Å². The van der Waals surface area contributed by atoms with Crippen molar-refractivity contribution in [2.45, 2.75) is 31.3 Å². The molecule has 0 aromatic carbocycles. The van der Waals surface area contributed by atoms with Crippen LogP contribution < -0.4 is 0 Å². The van der Waals surface area contributed by atoms with E-state index in [9.17, 15) is 14.4 Å². The summed E-state index contributed by atoms with van der Waals surface area (Å²) >= 11 is 0. The lowest BCUT2D eigenvalue weighted by atomic mass is 9.53. The van der Waals surface area contributed by atoms with Crippen molar-refractivity contribution in [1.82, 2.24) is 0 Å². The third-order valence-electron chi connectivity index (χ3n) is 4.36. The molecule has 0 amide bonds. The van der Waals surface area contributed by atoms with E-state index in [4.69, 9.17) is 4.74 Å². The van der Waals surface area contributed by atoms with E-state index in [1.54, 1.807) is 0 Å². The van der Waals surface area contributed by atoms with Gasteiger partial charge in [-0.25, -0.2) is 4.79 Å². The van der Waals surface area contributed by atoms with E-state index >= 15 is 0 Å². The third-order valence-corrected chi connectivity index (χ3v) is 4.36. The maximum absolute atomic E-state index is 11.9. The number of esters is 1. The van der Waals surface area contributed by atoms with Gasteiger partial charge in [0.25, 0.3) is 0 Å². The highest BCUT2D eigenvalue weighted by molar-refractivity contribution is 6.08. The van der Waals surface area contributed by atoms with Crippen molar-refractivity contribution < 1.29 is 19.1 Å². The van der Waals surface area contributed by atoms with E-state index in [1.807, 2.05) is 0 Å². The number of Topliss-reactive ketones (excluding diaryl/α,β-unsaturated/α-hetero) is 2. The largest absolute Gasteiger partial charge is 0.456 e. The highest BCUT2D eigenvalue weighted by atomic mass is 16.6. The molecule has 2 atom stereocenters. The number of ether oxygens (including phenoxy) is 1. The lowest BCUT2D eigenvalue weighted by Gasteiger charge is -2.53. The molecule has 4 rings (SSSR count). The molecule has 2 unspecified atom stereocenters. The SMILES string of the molecule is C=CC(=O)OC12CC3CC(C1)C(=O)C(C2)C3=O. The molecule has 4 nitrogen and oxygen atoms in total. The van der Waals surface area contributed by atoms with Crippen LogP contribution in [0.2, 0.25) is 0 Å². The molecule has 4 bridgehead atoms. The summed E-state index contributed by atoms with van der Waals surface area (Å²) in [6.07, 6.45) is 3.36. The summed E-state index contributed by atoms with van der Waals surface area (Å²) in [6, 6.07) is 0. The molecular weight excluding hydrogens is 220 g/mol. The summed E-state index contributed by atoms with van der Waals surface area (Å²) in [5.41, 5.74) is -0.578. The molecule has 0 aromatic heterocycles. The van der Waals surface area contributed by atoms with Crippen LogP contribution in [0.4, 0.5) is 0 Å². The zero-order chi connectivity index (χ0) is 12.2. The number of carbonyl (C=O) groups excluding carboxylic acids is 3. The first kappa shape index (κ1) is 10.7. The molecule has 0 saturated heterocycles. The molecule has 0 spiro atoms. The normalized spacial score (nSPS) is 42.7. The van der Waals surface area contributed by atoms with E-state index in [0.29, 0.717) is 25.7 Å². The maximum atomic E-state index is 11.9. The summed E-state index contributed by atoms with van der Waals surface area (Å²) < 4.78 is 5.44. The number of ketones is 2. The van der Waals surface area contributed by atoms with Crippen molar-refractivity contribution in [3.8, 4) is 0 Å². The number of rotatable bonds is 2. The first-order chi connectivity index (χ1) is 8.04. The Balaban J connectivity index is 1.91. The van der Waals surface area contributed by atoms with Gasteiger partial charge in [-0.05, 0) is 19.3 Å². The Morgan fingerprint density at radius 2 is 1.82 bits per heavy atom.